The van der Waals surface area contributed by atoms with Crippen LogP contribution < -0.4 is 16.4 Å². The number of rotatable bonds is 6. The monoisotopic (exact) mass is 257 g/mol. The van der Waals surface area contributed by atoms with Gasteiger partial charge in [0.2, 0.25) is 11.8 Å². The van der Waals surface area contributed by atoms with Crippen molar-refractivity contribution < 1.29 is 9.59 Å². The van der Waals surface area contributed by atoms with Crippen molar-refractivity contribution in [2.75, 3.05) is 13.1 Å². The molecule has 1 fully saturated rings. The molecule has 0 heterocycles. The second-order valence-electron chi connectivity index (χ2n) is 4.33. The minimum absolute atomic E-state index is 0.0107. The molecule has 2 amide bonds. The molecule has 0 radical (unpaired) electrons. The Morgan fingerprint density at radius 2 is 2.00 bits per heavy atom. The topological polar surface area (TPSA) is 84.2 Å². The number of carbonyl (C=O) groups excluding carboxylic acids is 2. The molecule has 0 unspecified atom stereocenters. The summed E-state index contributed by atoms with van der Waals surface area (Å²) in [5.74, 6) is -0.402. The molecular formula is C11H19N3O2S. The van der Waals surface area contributed by atoms with Crippen LogP contribution in [0.1, 0.15) is 32.6 Å². The Labute approximate surface area is 107 Å². The van der Waals surface area contributed by atoms with Gasteiger partial charge < -0.3 is 16.4 Å². The molecule has 1 aliphatic carbocycles. The standard InChI is InChI=1S/C11H19N3O2S/c1-2-6-13-8(15)7-14-10(16)11(9(12)17)4-3-5-11/h2-7H2,1H3,(H2,12,17)(H,13,15)(H,14,16). The van der Waals surface area contributed by atoms with Gasteiger partial charge in [-0.15, -0.1) is 0 Å². The number of hydrogen-bond donors (Lipinski definition) is 3. The van der Waals surface area contributed by atoms with Crippen LogP contribution in [-0.2, 0) is 9.59 Å². The molecule has 1 saturated carbocycles. The summed E-state index contributed by atoms with van der Waals surface area (Å²) in [6, 6.07) is 0. The van der Waals surface area contributed by atoms with E-state index in [9.17, 15) is 9.59 Å². The Morgan fingerprint density at radius 3 is 2.41 bits per heavy atom. The van der Waals surface area contributed by atoms with Crippen molar-refractivity contribution in [1.82, 2.24) is 10.6 Å². The first kappa shape index (κ1) is 13.9. The van der Waals surface area contributed by atoms with Gasteiger partial charge in [0.05, 0.1) is 16.9 Å². The average Bonchev–Trinajstić information content (AvgIpc) is 2.21. The van der Waals surface area contributed by atoms with E-state index in [1.54, 1.807) is 0 Å². The summed E-state index contributed by atoms with van der Waals surface area (Å²) in [5.41, 5.74) is 4.88. The molecule has 17 heavy (non-hydrogen) atoms. The second kappa shape index (κ2) is 5.95. The van der Waals surface area contributed by atoms with E-state index in [4.69, 9.17) is 18.0 Å². The van der Waals surface area contributed by atoms with Crippen molar-refractivity contribution in [2.24, 2.45) is 11.1 Å². The third-order valence-electron chi connectivity index (χ3n) is 3.10. The lowest BCUT2D eigenvalue weighted by atomic mass is 9.68. The Bertz CT molecular complexity index is 327. The summed E-state index contributed by atoms with van der Waals surface area (Å²) >= 11 is 4.92. The molecular weight excluding hydrogens is 238 g/mol. The quantitative estimate of drug-likeness (QED) is 0.589. The Kier molecular flexibility index (Phi) is 4.86. The largest absolute Gasteiger partial charge is 0.392 e. The SMILES string of the molecule is CCCNC(=O)CNC(=O)C1(C(N)=S)CCC1. The van der Waals surface area contributed by atoms with E-state index in [1.807, 2.05) is 6.92 Å². The lowest BCUT2D eigenvalue weighted by Crippen LogP contribution is -2.54. The number of nitrogens with one attached hydrogen (secondary N) is 2. The van der Waals surface area contributed by atoms with Gasteiger partial charge in [0.15, 0.2) is 0 Å². The Morgan fingerprint density at radius 1 is 1.35 bits per heavy atom. The van der Waals surface area contributed by atoms with Crippen LogP contribution >= 0.6 is 12.2 Å². The zero-order chi connectivity index (χ0) is 12.9. The summed E-state index contributed by atoms with van der Waals surface area (Å²) in [4.78, 5) is 23.5. The summed E-state index contributed by atoms with van der Waals surface area (Å²) in [6.07, 6.45) is 3.19. The van der Waals surface area contributed by atoms with Crippen LogP contribution in [0.3, 0.4) is 0 Å². The fraction of sp³-hybridized carbons (Fsp3) is 0.727. The van der Waals surface area contributed by atoms with Crippen molar-refractivity contribution in [1.29, 1.82) is 0 Å². The van der Waals surface area contributed by atoms with Gasteiger partial charge in [-0.3, -0.25) is 9.59 Å². The number of thiocarbonyl (C=S) groups is 1. The van der Waals surface area contributed by atoms with E-state index in [0.29, 0.717) is 19.4 Å². The van der Waals surface area contributed by atoms with Crippen LogP contribution in [0, 0.1) is 5.41 Å². The van der Waals surface area contributed by atoms with E-state index in [0.717, 1.165) is 12.8 Å². The van der Waals surface area contributed by atoms with Crippen molar-refractivity contribution >= 4 is 29.0 Å². The molecule has 0 aliphatic heterocycles. The van der Waals surface area contributed by atoms with Crippen molar-refractivity contribution in [3.8, 4) is 0 Å². The molecule has 0 aromatic heterocycles. The van der Waals surface area contributed by atoms with Crippen LogP contribution in [-0.4, -0.2) is 29.9 Å². The molecule has 0 atom stereocenters. The first-order valence-electron chi connectivity index (χ1n) is 5.88. The number of hydrogen-bond acceptors (Lipinski definition) is 3. The zero-order valence-corrected chi connectivity index (χ0v) is 10.9. The van der Waals surface area contributed by atoms with Gasteiger partial charge in [0, 0.05) is 6.54 Å². The fourth-order valence-electron chi connectivity index (χ4n) is 1.77. The molecule has 4 N–H and O–H groups in total. The molecule has 6 heteroatoms. The highest BCUT2D eigenvalue weighted by Crippen LogP contribution is 2.41. The molecule has 0 bridgehead atoms. The summed E-state index contributed by atoms with van der Waals surface area (Å²) in [7, 11) is 0. The first-order chi connectivity index (χ1) is 8.03. The van der Waals surface area contributed by atoms with E-state index in [1.165, 1.54) is 0 Å². The maximum absolute atomic E-state index is 11.9. The highest BCUT2D eigenvalue weighted by molar-refractivity contribution is 7.80. The highest BCUT2D eigenvalue weighted by Gasteiger charge is 2.46. The zero-order valence-electron chi connectivity index (χ0n) is 10.0. The normalized spacial score (nSPS) is 16.8. The van der Waals surface area contributed by atoms with Crippen LogP contribution in [0.5, 0.6) is 0 Å². The molecule has 1 aliphatic rings. The molecule has 0 spiro atoms. The number of carbonyl (C=O) groups is 2. The third kappa shape index (κ3) is 3.15. The van der Waals surface area contributed by atoms with Gasteiger partial charge in [-0.2, -0.15) is 0 Å². The summed E-state index contributed by atoms with van der Waals surface area (Å²) < 4.78 is 0. The van der Waals surface area contributed by atoms with Gasteiger partial charge in [0.25, 0.3) is 0 Å². The van der Waals surface area contributed by atoms with Crippen LogP contribution in [0.25, 0.3) is 0 Å². The van der Waals surface area contributed by atoms with Gasteiger partial charge in [-0.1, -0.05) is 25.6 Å². The Hall–Kier alpha value is -1.17. The molecule has 1 rings (SSSR count). The second-order valence-corrected chi connectivity index (χ2v) is 4.77. The predicted molar refractivity (Wildman–Crippen MR) is 69.4 cm³/mol. The maximum Gasteiger partial charge on any atom is 0.239 e. The first-order valence-corrected chi connectivity index (χ1v) is 6.28. The van der Waals surface area contributed by atoms with E-state index in [-0.39, 0.29) is 23.3 Å². The lowest BCUT2D eigenvalue weighted by Gasteiger charge is -2.38. The van der Waals surface area contributed by atoms with Gasteiger partial charge in [-0.05, 0) is 19.3 Å². The Balaban J connectivity index is 2.39. The smallest absolute Gasteiger partial charge is 0.239 e. The average molecular weight is 257 g/mol. The summed E-state index contributed by atoms with van der Waals surface area (Å²) in [5, 5.41) is 5.28. The van der Waals surface area contributed by atoms with Crippen LogP contribution in [0.4, 0.5) is 0 Å². The molecule has 96 valence electrons. The predicted octanol–water partition coefficient (Wildman–Crippen LogP) is 0.0852. The third-order valence-corrected chi connectivity index (χ3v) is 3.49. The van der Waals surface area contributed by atoms with Gasteiger partial charge in [0.1, 0.15) is 0 Å². The van der Waals surface area contributed by atoms with Crippen LogP contribution in [0.2, 0.25) is 0 Å². The van der Waals surface area contributed by atoms with Gasteiger partial charge in [-0.25, -0.2) is 0 Å². The number of amides is 2. The minimum atomic E-state index is -0.708. The van der Waals surface area contributed by atoms with Crippen molar-refractivity contribution in [3.05, 3.63) is 0 Å². The molecule has 0 aromatic carbocycles. The van der Waals surface area contributed by atoms with E-state index >= 15 is 0 Å². The van der Waals surface area contributed by atoms with Crippen molar-refractivity contribution in [3.63, 3.8) is 0 Å². The van der Waals surface area contributed by atoms with E-state index < -0.39 is 5.41 Å². The molecule has 0 saturated heterocycles. The molecule has 0 aromatic rings. The fourth-order valence-corrected chi connectivity index (χ4v) is 2.07. The van der Waals surface area contributed by atoms with Crippen molar-refractivity contribution in [2.45, 2.75) is 32.6 Å². The lowest BCUT2D eigenvalue weighted by molar-refractivity contribution is -0.133. The summed E-state index contributed by atoms with van der Waals surface area (Å²) in [6.45, 7) is 2.58. The van der Waals surface area contributed by atoms with Crippen LogP contribution in [0.15, 0.2) is 0 Å². The number of nitrogens with two attached hydrogens (primary N) is 1. The molecule has 5 nitrogen and oxygen atoms in total. The maximum atomic E-state index is 11.9. The minimum Gasteiger partial charge on any atom is -0.392 e. The highest BCUT2D eigenvalue weighted by atomic mass is 32.1. The van der Waals surface area contributed by atoms with Gasteiger partial charge >= 0.3 is 0 Å². The van der Waals surface area contributed by atoms with E-state index in [2.05, 4.69) is 10.6 Å².